The number of alkyl halides is 3. The zero-order chi connectivity index (χ0) is 25.1. The molecule has 0 fully saturated rings. The fraction of sp³-hybridized carbons (Fsp3) is 0.318. The Morgan fingerprint density at radius 2 is 1.79 bits per heavy atom. The average molecular weight is 497 g/mol. The second kappa shape index (κ2) is 9.84. The zero-order valence-electron chi connectivity index (χ0n) is 18.3. The fourth-order valence-electron chi connectivity index (χ4n) is 3.33. The summed E-state index contributed by atoms with van der Waals surface area (Å²) >= 11 is 0. The van der Waals surface area contributed by atoms with Gasteiger partial charge in [-0.05, 0) is 30.7 Å². The van der Waals surface area contributed by atoms with Gasteiger partial charge in [0.05, 0.1) is 23.1 Å². The molecule has 0 atom stereocenters. The van der Waals surface area contributed by atoms with Crippen molar-refractivity contribution in [3.63, 3.8) is 0 Å². The molecule has 0 bridgehead atoms. The number of fused-ring (bicyclic) bond motifs is 1. The monoisotopic (exact) mass is 497 g/mol. The summed E-state index contributed by atoms with van der Waals surface area (Å²) < 4.78 is 68.9. The highest BCUT2D eigenvalue weighted by Gasteiger charge is 2.47. The van der Waals surface area contributed by atoms with Gasteiger partial charge >= 0.3 is 5.51 Å². The van der Waals surface area contributed by atoms with E-state index in [2.05, 4.69) is 10.4 Å². The smallest absolute Gasteiger partial charge is 0.495 e. The number of amides is 1. The van der Waals surface area contributed by atoms with Crippen LogP contribution >= 0.6 is 0 Å². The number of anilines is 1. The molecule has 0 aliphatic rings. The molecule has 3 rings (SSSR count). The molecule has 0 saturated carbocycles. The molecule has 182 valence electrons. The quantitative estimate of drug-likeness (QED) is 0.469. The summed E-state index contributed by atoms with van der Waals surface area (Å²) in [6, 6.07) is 8.72. The molecular weight excluding hydrogens is 475 g/mol. The lowest BCUT2D eigenvalue weighted by atomic mass is 10.1. The summed E-state index contributed by atoms with van der Waals surface area (Å²) in [5.74, 6) is -0.907. The molecule has 0 saturated heterocycles. The Morgan fingerprint density at radius 3 is 2.41 bits per heavy atom. The van der Waals surface area contributed by atoms with Crippen molar-refractivity contribution in [3.05, 3.63) is 58.5 Å². The van der Waals surface area contributed by atoms with Gasteiger partial charge in [-0.1, -0.05) is 38.0 Å². The number of benzene rings is 2. The Hall–Kier alpha value is -3.41. The minimum absolute atomic E-state index is 0.0601. The van der Waals surface area contributed by atoms with E-state index in [-0.39, 0.29) is 40.0 Å². The Morgan fingerprint density at radius 1 is 1.12 bits per heavy atom. The molecule has 0 radical (unpaired) electrons. The van der Waals surface area contributed by atoms with E-state index < -0.39 is 26.1 Å². The molecule has 1 aromatic heterocycles. The number of carbonyl (C=O) groups excluding carboxylic acids is 1. The number of methoxy groups -OCH3 is 1. The highest BCUT2D eigenvalue weighted by molar-refractivity contribution is 7.92. The van der Waals surface area contributed by atoms with Crippen molar-refractivity contribution in [2.45, 2.75) is 43.1 Å². The molecule has 12 heteroatoms. The van der Waals surface area contributed by atoms with Crippen molar-refractivity contribution in [2.24, 2.45) is 0 Å². The van der Waals surface area contributed by atoms with Crippen LogP contribution in [0.15, 0.2) is 52.2 Å². The number of hydrogen-bond donors (Lipinski definition) is 1. The van der Waals surface area contributed by atoms with Crippen LogP contribution in [0.2, 0.25) is 0 Å². The van der Waals surface area contributed by atoms with E-state index in [0.717, 1.165) is 25.0 Å². The van der Waals surface area contributed by atoms with Gasteiger partial charge < -0.3 is 10.1 Å². The first-order chi connectivity index (χ1) is 16.0. The molecule has 8 nitrogen and oxygen atoms in total. The molecule has 0 unspecified atom stereocenters. The molecular formula is C22H22F3N3O5S. The van der Waals surface area contributed by atoms with Gasteiger partial charge in [-0.15, -0.1) is 0 Å². The van der Waals surface area contributed by atoms with Gasteiger partial charge in [0.15, 0.2) is 5.69 Å². The zero-order valence-corrected chi connectivity index (χ0v) is 19.2. The third-order valence-corrected chi connectivity index (χ3v) is 6.57. The number of carbonyl (C=O) groups is 1. The number of aryl methyl sites for hydroxylation is 1. The maximum Gasteiger partial charge on any atom is 0.501 e. The summed E-state index contributed by atoms with van der Waals surface area (Å²) in [4.78, 5) is 24.9. The van der Waals surface area contributed by atoms with Crippen molar-refractivity contribution in [2.75, 3.05) is 12.4 Å². The van der Waals surface area contributed by atoms with E-state index >= 15 is 0 Å². The normalized spacial score (nSPS) is 12.0. The van der Waals surface area contributed by atoms with E-state index in [1.165, 1.54) is 17.9 Å². The van der Waals surface area contributed by atoms with E-state index in [4.69, 9.17) is 4.74 Å². The van der Waals surface area contributed by atoms with E-state index in [9.17, 15) is 31.2 Å². The molecule has 3 aromatic rings. The summed E-state index contributed by atoms with van der Waals surface area (Å²) in [7, 11) is -4.44. The number of aromatic nitrogens is 2. The Kier molecular flexibility index (Phi) is 7.29. The number of nitrogens with one attached hydrogen (secondary N) is 1. The number of nitrogens with zero attached hydrogens (tertiary/aromatic N) is 2. The van der Waals surface area contributed by atoms with Gasteiger partial charge in [-0.3, -0.25) is 9.59 Å². The summed E-state index contributed by atoms with van der Waals surface area (Å²) in [5, 5.41) is 7.06. The molecule has 2 aromatic carbocycles. The predicted molar refractivity (Wildman–Crippen MR) is 120 cm³/mol. The predicted octanol–water partition coefficient (Wildman–Crippen LogP) is 4.14. The Balaban J connectivity index is 2.08. The highest BCUT2D eigenvalue weighted by Crippen LogP contribution is 2.35. The van der Waals surface area contributed by atoms with Gasteiger partial charge in [0.25, 0.3) is 21.3 Å². The van der Waals surface area contributed by atoms with Gasteiger partial charge in [-0.25, -0.2) is 13.1 Å². The SMILES string of the molecule is CCCCCn1nc(C(=O)Nc2cc(S(=O)(=O)C(F)(F)F)ccc2OC)c2ccccc2c1=O. The van der Waals surface area contributed by atoms with Crippen LogP contribution < -0.4 is 15.6 Å². The van der Waals surface area contributed by atoms with Gasteiger partial charge in [0.2, 0.25) is 0 Å². The molecule has 1 amide bonds. The lowest BCUT2D eigenvalue weighted by Crippen LogP contribution is -2.28. The number of halogens is 3. The van der Waals surface area contributed by atoms with E-state index in [1.807, 2.05) is 6.92 Å². The third-order valence-electron chi connectivity index (χ3n) is 5.09. The van der Waals surface area contributed by atoms with Gasteiger partial charge in [0.1, 0.15) is 5.75 Å². The van der Waals surface area contributed by atoms with Crippen LogP contribution in [0.3, 0.4) is 0 Å². The van der Waals surface area contributed by atoms with Crippen molar-refractivity contribution in [3.8, 4) is 5.75 Å². The van der Waals surface area contributed by atoms with Crippen LogP contribution in [0.4, 0.5) is 18.9 Å². The number of sulfone groups is 1. The van der Waals surface area contributed by atoms with Crippen LogP contribution in [0.5, 0.6) is 5.75 Å². The Labute approximate surface area is 193 Å². The topological polar surface area (TPSA) is 107 Å². The third kappa shape index (κ3) is 4.91. The van der Waals surface area contributed by atoms with Crippen LogP contribution in [0.25, 0.3) is 10.8 Å². The van der Waals surface area contributed by atoms with Crippen LogP contribution in [-0.4, -0.2) is 36.7 Å². The standard InChI is InChI=1S/C22H22F3N3O5S/c1-3-4-7-12-28-21(30)16-9-6-5-8-15(16)19(27-28)20(29)26-17-13-14(10-11-18(17)33-2)34(31,32)22(23,24)25/h5-6,8-11,13H,3-4,7,12H2,1-2H3,(H,26,29). The maximum absolute atomic E-state index is 13.1. The average Bonchev–Trinajstić information content (AvgIpc) is 2.80. The van der Waals surface area contributed by atoms with Crippen molar-refractivity contribution in [1.29, 1.82) is 0 Å². The second-order valence-corrected chi connectivity index (χ2v) is 9.34. The highest BCUT2D eigenvalue weighted by atomic mass is 32.2. The van der Waals surface area contributed by atoms with Crippen LogP contribution in [-0.2, 0) is 16.4 Å². The largest absolute Gasteiger partial charge is 0.501 e. The number of unbranched alkanes of at least 4 members (excludes halogenated alkanes) is 2. The minimum Gasteiger partial charge on any atom is -0.495 e. The molecule has 1 N–H and O–H groups in total. The molecule has 34 heavy (non-hydrogen) atoms. The van der Waals surface area contributed by atoms with E-state index in [0.29, 0.717) is 12.5 Å². The summed E-state index contributed by atoms with van der Waals surface area (Å²) in [6.07, 6.45) is 2.42. The lowest BCUT2D eigenvalue weighted by molar-refractivity contribution is -0.0436. The van der Waals surface area contributed by atoms with Gasteiger partial charge in [-0.2, -0.15) is 18.3 Å². The summed E-state index contributed by atoms with van der Waals surface area (Å²) in [6.45, 7) is 2.27. The first kappa shape index (κ1) is 25.2. The first-order valence-corrected chi connectivity index (χ1v) is 11.8. The number of hydrogen-bond acceptors (Lipinski definition) is 6. The Bertz CT molecular complexity index is 1380. The van der Waals surface area contributed by atoms with Gasteiger partial charge in [0, 0.05) is 11.9 Å². The molecule has 0 aliphatic heterocycles. The lowest BCUT2D eigenvalue weighted by Gasteiger charge is -2.15. The summed E-state index contributed by atoms with van der Waals surface area (Å²) in [5.41, 5.74) is -6.33. The van der Waals surface area contributed by atoms with Crippen LogP contribution in [0.1, 0.15) is 36.7 Å². The first-order valence-electron chi connectivity index (χ1n) is 10.3. The molecule has 0 spiro atoms. The fourth-order valence-corrected chi connectivity index (χ4v) is 4.12. The minimum atomic E-state index is -5.65. The maximum atomic E-state index is 13.1. The van der Waals surface area contributed by atoms with Crippen molar-refractivity contribution in [1.82, 2.24) is 9.78 Å². The molecule has 0 aliphatic carbocycles. The van der Waals surface area contributed by atoms with E-state index in [1.54, 1.807) is 18.2 Å². The van der Waals surface area contributed by atoms with Crippen LogP contribution in [0, 0.1) is 0 Å². The van der Waals surface area contributed by atoms with Crippen molar-refractivity contribution >= 4 is 32.2 Å². The number of ether oxygens (including phenoxy) is 1. The number of rotatable bonds is 8. The second-order valence-electron chi connectivity index (χ2n) is 7.39. The molecule has 1 heterocycles. The van der Waals surface area contributed by atoms with Crippen molar-refractivity contribution < 1.29 is 31.1 Å².